The smallest absolute Gasteiger partial charge is 0.126 e. The molecule has 0 saturated carbocycles. The molecule has 0 spiro atoms. The first-order valence-corrected chi connectivity index (χ1v) is 5.32. The standard InChI is InChI=1S/C13H18O2/c1-3-4-5-6-11-15-13-9-7-12(14-2)8-10-13/h6-11H,3-5H2,1-2H3. The Morgan fingerprint density at radius 2 is 1.80 bits per heavy atom. The number of hydrogen-bond acceptors (Lipinski definition) is 2. The summed E-state index contributed by atoms with van der Waals surface area (Å²) in [4.78, 5) is 0. The van der Waals surface area contributed by atoms with E-state index in [-0.39, 0.29) is 0 Å². The van der Waals surface area contributed by atoms with Gasteiger partial charge in [0.05, 0.1) is 13.4 Å². The molecule has 0 aromatic heterocycles. The predicted molar refractivity (Wildman–Crippen MR) is 62.3 cm³/mol. The van der Waals surface area contributed by atoms with E-state index in [9.17, 15) is 0 Å². The molecular formula is C13H18O2. The quantitative estimate of drug-likeness (QED) is 0.521. The Morgan fingerprint density at radius 3 is 2.40 bits per heavy atom. The second-order valence-corrected chi connectivity index (χ2v) is 3.31. The van der Waals surface area contributed by atoms with Crippen LogP contribution in [-0.2, 0) is 0 Å². The maximum atomic E-state index is 5.42. The highest BCUT2D eigenvalue weighted by atomic mass is 16.5. The zero-order chi connectivity index (χ0) is 10.9. The van der Waals surface area contributed by atoms with Gasteiger partial charge in [-0.05, 0) is 43.2 Å². The highest BCUT2D eigenvalue weighted by Crippen LogP contribution is 2.17. The van der Waals surface area contributed by atoms with E-state index in [1.807, 2.05) is 30.3 Å². The van der Waals surface area contributed by atoms with Crippen molar-refractivity contribution in [1.82, 2.24) is 0 Å². The van der Waals surface area contributed by atoms with Crippen molar-refractivity contribution in [1.29, 1.82) is 0 Å². The third kappa shape index (κ3) is 4.54. The van der Waals surface area contributed by atoms with Crippen LogP contribution < -0.4 is 9.47 Å². The van der Waals surface area contributed by atoms with E-state index in [4.69, 9.17) is 9.47 Å². The minimum Gasteiger partial charge on any atom is -0.497 e. The van der Waals surface area contributed by atoms with Gasteiger partial charge in [0.2, 0.25) is 0 Å². The van der Waals surface area contributed by atoms with Crippen LogP contribution >= 0.6 is 0 Å². The van der Waals surface area contributed by atoms with Gasteiger partial charge in [0, 0.05) is 0 Å². The first kappa shape index (κ1) is 11.6. The number of allylic oxidation sites excluding steroid dienone is 1. The van der Waals surface area contributed by atoms with Gasteiger partial charge in [0.1, 0.15) is 11.5 Å². The molecule has 1 aromatic carbocycles. The third-order valence-electron chi connectivity index (χ3n) is 2.08. The van der Waals surface area contributed by atoms with E-state index in [0.29, 0.717) is 0 Å². The second kappa shape index (κ2) is 6.93. The lowest BCUT2D eigenvalue weighted by Gasteiger charge is -2.01. The Hall–Kier alpha value is -1.44. The van der Waals surface area contributed by atoms with Crippen LogP contribution in [0.5, 0.6) is 11.5 Å². The summed E-state index contributed by atoms with van der Waals surface area (Å²) in [5, 5.41) is 0. The van der Waals surface area contributed by atoms with E-state index in [2.05, 4.69) is 6.92 Å². The maximum absolute atomic E-state index is 5.42. The van der Waals surface area contributed by atoms with E-state index in [1.165, 1.54) is 12.8 Å². The fraction of sp³-hybridized carbons (Fsp3) is 0.385. The monoisotopic (exact) mass is 206 g/mol. The van der Waals surface area contributed by atoms with E-state index >= 15 is 0 Å². The van der Waals surface area contributed by atoms with Crippen molar-refractivity contribution in [3.63, 3.8) is 0 Å². The molecule has 0 aliphatic heterocycles. The van der Waals surface area contributed by atoms with Crippen molar-refractivity contribution in [2.24, 2.45) is 0 Å². The Kier molecular flexibility index (Phi) is 5.38. The number of benzene rings is 1. The van der Waals surface area contributed by atoms with Crippen LogP contribution in [0.3, 0.4) is 0 Å². The molecular weight excluding hydrogens is 188 g/mol. The molecule has 0 fully saturated rings. The molecule has 0 aliphatic rings. The molecule has 0 saturated heterocycles. The van der Waals surface area contributed by atoms with Gasteiger partial charge in [0.25, 0.3) is 0 Å². The molecule has 0 aliphatic carbocycles. The summed E-state index contributed by atoms with van der Waals surface area (Å²) in [5.74, 6) is 1.68. The summed E-state index contributed by atoms with van der Waals surface area (Å²) in [5.41, 5.74) is 0. The molecule has 0 radical (unpaired) electrons. The van der Waals surface area contributed by atoms with Crippen molar-refractivity contribution in [3.8, 4) is 11.5 Å². The van der Waals surface area contributed by atoms with Gasteiger partial charge in [0.15, 0.2) is 0 Å². The topological polar surface area (TPSA) is 18.5 Å². The Bertz CT molecular complexity index is 288. The highest BCUT2D eigenvalue weighted by Gasteiger charge is 1.91. The summed E-state index contributed by atoms with van der Waals surface area (Å²) in [6.45, 7) is 2.18. The van der Waals surface area contributed by atoms with Gasteiger partial charge in [-0.25, -0.2) is 0 Å². The van der Waals surface area contributed by atoms with Crippen LogP contribution in [0, 0.1) is 0 Å². The number of methoxy groups -OCH3 is 1. The number of rotatable bonds is 6. The number of unbranched alkanes of at least 4 members (excludes halogenated alkanes) is 2. The van der Waals surface area contributed by atoms with Crippen LogP contribution in [0.4, 0.5) is 0 Å². The maximum Gasteiger partial charge on any atom is 0.126 e. The molecule has 1 aromatic rings. The summed E-state index contributed by atoms with van der Waals surface area (Å²) in [6.07, 6.45) is 7.30. The normalized spacial score (nSPS) is 10.5. The first-order valence-electron chi connectivity index (χ1n) is 5.32. The molecule has 2 heteroatoms. The number of ether oxygens (including phenoxy) is 2. The lowest BCUT2D eigenvalue weighted by atomic mass is 10.2. The first-order chi connectivity index (χ1) is 7.36. The minimum absolute atomic E-state index is 0.837. The lowest BCUT2D eigenvalue weighted by molar-refractivity contribution is 0.412. The summed E-state index contributed by atoms with van der Waals surface area (Å²) < 4.78 is 10.5. The van der Waals surface area contributed by atoms with Crippen molar-refractivity contribution in [2.75, 3.05) is 7.11 Å². The Morgan fingerprint density at radius 1 is 1.13 bits per heavy atom. The SMILES string of the molecule is CCCCC=COc1ccc(OC)cc1. The van der Waals surface area contributed by atoms with Gasteiger partial charge in [-0.2, -0.15) is 0 Å². The molecule has 0 N–H and O–H groups in total. The largest absolute Gasteiger partial charge is 0.497 e. The zero-order valence-corrected chi connectivity index (χ0v) is 9.40. The predicted octanol–water partition coefficient (Wildman–Crippen LogP) is 3.78. The molecule has 0 unspecified atom stereocenters. The van der Waals surface area contributed by atoms with Crippen molar-refractivity contribution in [3.05, 3.63) is 36.6 Å². The van der Waals surface area contributed by atoms with E-state index in [1.54, 1.807) is 13.4 Å². The molecule has 0 bridgehead atoms. The summed E-state index contributed by atoms with van der Waals surface area (Å²) in [6, 6.07) is 7.55. The van der Waals surface area contributed by atoms with E-state index < -0.39 is 0 Å². The fourth-order valence-corrected chi connectivity index (χ4v) is 1.17. The lowest BCUT2D eigenvalue weighted by Crippen LogP contribution is -1.84. The van der Waals surface area contributed by atoms with Gasteiger partial charge >= 0.3 is 0 Å². The third-order valence-corrected chi connectivity index (χ3v) is 2.08. The average Bonchev–Trinajstić information content (AvgIpc) is 2.30. The Labute approximate surface area is 91.5 Å². The highest BCUT2D eigenvalue weighted by molar-refractivity contribution is 5.31. The Balaban J connectivity index is 2.34. The van der Waals surface area contributed by atoms with Crippen molar-refractivity contribution < 1.29 is 9.47 Å². The van der Waals surface area contributed by atoms with Gasteiger partial charge < -0.3 is 9.47 Å². The fourth-order valence-electron chi connectivity index (χ4n) is 1.17. The van der Waals surface area contributed by atoms with Gasteiger partial charge in [-0.1, -0.05) is 13.3 Å². The molecule has 0 heterocycles. The molecule has 0 amide bonds. The van der Waals surface area contributed by atoms with Gasteiger partial charge in [-0.3, -0.25) is 0 Å². The summed E-state index contributed by atoms with van der Waals surface area (Å²) >= 11 is 0. The average molecular weight is 206 g/mol. The van der Waals surface area contributed by atoms with Crippen LogP contribution in [-0.4, -0.2) is 7.11 Å². The van der Waals surface area contributed by atoms with Crippen LogP contribution in [0.2, 0.25) is 0 Å². The molecule has 82 valence electrons. The summed E-state index contributed by atoms with van der Waals surface area (Å²) in [7, 11) is 1.65. The molecule has 2 nitrogen and oxygen atoms in total. The molecule has 1 rings (SSSR count). The van der Waals surface area contributed by atoms with Crippen molar-refractivity contribution in [2.45, 2.75) is 26.2 Å². The van der Waals surface area contributed by atoms with Crippen LogP contribution in [0.25, 0.3) is 0 Å². The minimum atomic E-state index is 0.837. The zero-order valence-electron chi connectivity index (χ0n) is 9.40. The van der Waals surface area contributed by atoms with Crippen LogP contribution in [0.15, 0.2) is 36.6 Å². The number of hydrogen-bond donors (Lipinski definition) is 0. The second-order valence-electron chi connectivity index (χ2n) is 3.31. The molecule has 0 atom stereocenters. The van der Waals surface area contributed by atoms with Crippen molar-refractivity contribution >= 4 is 0 Å². The van der Waals surface area contributed by atoms with Crippen LogP contribution in [0.1, 0.15) is 26.2 Å². The van der Waals surface area contributed by atoms with E-state index in [0.717, 1.165) is 17.9 Å². The van der Waals surface area contributed by atoms with Gasteiger partial charge in [-0.15, -0.1) is 0 Å². The molecule has 15 heavy (non-hydrogen) atoms.